The molecule has 0 unspecified atom stereocenters. The Morgan fingerprint density at radius 1 is 1.41 bits per heavy atom. The highest BCUT2D eigenvalue weighted by molar-refractivity contribution is 6.33. The van der Waals surface area contributed by atoms with E-state index in [1.54, 1.807) is 0 Å². The standard InChI is InChI=1S/C14H19ClN2/c1-10-4-3-7-17(9-10)14-6-5-12(11(2)16)8-13(14)15/h4-6,8,11H,3,7,9,16H2,1-2H3/t11-/m1/s1. The second-order valence-corrected chi connectivity index (χ2v) is 5.17. The van der Waals surface area contributed by atoms with E-state index in [9.17, 15) is 0 Å². The van der Waals surface area contributed by atoms with Gasteiger partial charge in [0, 0.05) is 19.1 Å². The molecule has 0 bridgehead atoms. The molecule has 1 aliphatic rings. The summed E-state index contributed by atoms with van der Waals surface area (Å²) >= 11 is 6.34. The maximum atomic E-state index is 6.34. The molecule has 0 saturated carbocycles. The first-order chi connectivity index (χ1) is 8.08. The van der Waals surface area contributed by atoms with Crippen LogP contribution >= 0.6 is 11.6 Å². The molecule has 1 heterocycles. The van der Waals surface area contributed by atoms with Crippen LogP contribution in [0, 0.1) is 0 Å². The van der Waals surface area contributed by atoms with Gasteiger partial charge in [-0.1, -0.05) is 29.3 Å². The SMILES string of the molecule is CC1=CCCN(c2ccc([C@@H](C)N)cc2Cl)C1. The van der Waals surface area contributed by atoms with Crippen molar-refractivity contribution in [3.8, 4) is 0 Å². The Bertz CT molecular complexity index is 438. The van der Waals surface area contributed by atoms with Gasteiger partial charge in [0.25, 0.3) is 0 Å². The molecule has 2 nitrogen and oxygen atoms in total. The summed E-state index contributed by atoms with van der Waals surface area (Å²) in [4.78, 5) is 2.32. The van der Waals surface area contributed by atoms with Crippen LogP contribution < -0.4 is 10.6 Å². The normalized spacial score (nSPS) is 17.9. The topological polar surface area (TPSA) is 29.3 Å². The highest BCUT2D eigenvalue weighted by atomic mass is 35.5. The van der Waals surface area contributed by atoms with Gasteiger partial charge in [0.2, 0.25) is 0 Å². The molecule has 0 aliphatic carbocycles. The zero-order chi connectivity index (χ0) is 12.4. The van der Waals surface area contributed by atoms with Crippen LogP contribution in [0.25, 0.3) is 0 Å². The van der Waals surface area contributed by atoms with Gasteiger partial charge >= 0.3 is 0 Å². The second-order valence-electron chi connectivity index (χ2n) is 4.76. The van der Waals surface area contributed by atoms with Crippen LogP contribution in [0.2, 0.25) is 5.02 Å². The largest absolute Gasteiger partial charge is 0.366 e. The molecule has 0 fully saturated rings. The molecule has 17 heavy (non-hydrogen) atoms. The molecule has 1 atom stereocenters. The summed E-state index contributed by atoms with van der Waals surface area (Å²) in [6.45, 7) is 6.14. The van der Waals surface area contributed by atoms with Crippen molar-refractivity contribution in [3.63, 3.8) is 0 Å². The Morgan fingerprint density at radius 3 is 2.76 bits per heavy atom. The van der Waals surface area contributed by atoms with Gasteiger partial charge in [-0.25, -0.2) is 0 Å². The lowest BCUT2D eigenvalue weighted by atomic mass is 10.1. The monoisotopic (exact) mass is 250 g/mol. The maximum absolute atomic E-state index is 6.34. The number of nitrogens with two attached hydrogens (primary N) is 1. The number of anilines is 1. The zero-order valence-electron chi connectivity index (χ0n) is 10.4. The summed E-state index contributed by atoms with van der Waals surface area (Å²) in [7, 11) is 0. The Kier molecular flexibility index (Phi) is 3.75. The average molecular weight is 251 g/mol. The van der Waals surface area contributed by atoms with Crippen molar-refractivity contribution in [2.45, 2.75) is 26.3 Å². The molecule has 0 aromatic heterocycles. The lowest BCUT2D eigenvalue weighted by molar-refractivity contribution is 0.787. The van der Waals surface area contributed by atoms with Crippen molar-refractivity contribution in [2.24, 2.45) is 5.73 Å². The quantitative estimate of drug-likeness (QED) is 0.814. The first kappa shape index (κ1) is 12.5. The first-order valence-electron chi connectivity index (χ1n) is 6.03. The highest BCUT2D eigenvalue weighted by Crippen LogP contribution is 2.30. The van der Waals surface area contributed by atoms with Crippen molar-refractivity contribution in [3.05, 3.63) is 40.4 Å². The molecule has 3 heteroatoms. The van der Waals surface area contributed by atoms with Crippen molar-refractivity contribution in [2.75, 3.05) is 18.0 Å². The van der Waals surface area contributed by atoms with E-state index in [0.717, 1.165) is 35.8 Å². The molecule has 92 valence electrons. The third-order valence-corrected chi connectivity index (χ3v) is 3.47. The van der Waals surface area contributed by atoms with E-state index in [0.29, 0.717) is 0 Å². The summed E-state index contributed by atoms with van der Waals surface area (Å²) < 4.78 is 0. The van der Waals surface area contributed by atoms with Crippen LogP contribution in [0.1, 0.15) is 31.9 Å². The summed E-state index contributed by atoms with van der Waals surface area (Å²) in [5.41, 5.74) is 9.46. The van der Waals surface area contributed by atoms with E-state index >= 15 is 0 Å². The molecule has 0 amide bonds. The second kappa shape index (κ2) is 5.11. The van der Waals surface area contributed by atoms with Gasteiger partial charge in [-0.2, -0.15) is 0 Å². The summed E-state index contributed by atoms with van der Waals surface area (Å²) in [5.74, 6) is 0. The average Bonchev–Trinajstić information content (AvgIpc) is 2.28. The predicted molar refractivity (Wildman–Crippen MR) is 74.6 cm³/mol. The smallest absolute Gasteiger partial charge is 0.0643 e. The van der Waals surface area contributed by atoms with Crippen LogP contribution in [0.3, 0.4) is 0 Å². The molecule has 2 rings (SSSR count). The summed E-state index contributed by atoms with van der Waals surface area (Å²) in [6, 6.07) is 6.17. The van der Waals surface area contributed by atoms with Gasteiger partial charge in [-0.15, -0.1) is 0 Å². The fourth-order valence-corrected chi connectivity index (χ4v) is 2.49. The van der Waals surface area contributed by atoms with Crippen molar-refractivity contribution >= 4 is 17.3 Å². The number of hydrogen-bond acceptors (Lipinski definition) is 2. The lowest BCUT2D eigenvalue weighted by Crippen LogP contribution is -2.29. The Morgan fingerprint density at radius 2 is 2.18 bits per heavy atom. The Labute approximate surface area is 108 Å². The highest BCUT2D eigenvalue weighted by Gasteiger charge is 2.14. The number of benzene rings is 1. The number of nitrogens with zero attached hydrogens (tertiary/aromatic N) is 1. The van der Waals surface area contributed by atoms with Gasteiger partial charge in [0.1, 0.15) is 0 Å². The molecular weight excluding hydrogens is 232 g/mol. The third kappa shape index (κ3) is 2.82. The van der Waals surface area contributed by atoms with Gasteiger partial charge in [0.15, 0.2) is 0 Å². The fraction of sp³-hybridized carbons (Fsp3) is 0.429. The molecule has 2 N–H and O–H groups in total. The minimum absolute atomic E-state index is 0.0320. The summed E-state index contributed by atoms with van der Waals surface area (Å²) in [5, 5.41) is 0.800. The van der Waals surface area contributed by atoms with E-state index in [2.05, 4.69) is 30.0 Å². The Balaban J connectivity index is 2.25. The predicted octanol–water partition coefficient (Wildman–Crippen LogP) is 3.52. The van der Waals surface area contributed by atoms with Crippen LogP contribution in [0.4, 0.5) is 5.69 Å². The molecular formula is C14H19ClN2. The van der Waals surface area contributed by atoms with Gasteiger partial charge in [-0.3, -0.25) is 0 Å². The third-order valence-electron chi connectivity index (χ3n) is 3.17. The van der Waals surface area contributed by atoms with Crippen molar-refractivity contribution < 1.29 is 0 Å². The molecule has 1 aromatic rings. The lowest BCUT2D eigenvalue weighted by Gasteiger charge is -2.29. The van der Waals surface area contributed by atoms with Crippen LogP contribution in [0.5, 0.6) is 0 Å². The van der Waals surface area contributed by atoms with Crippen molar-refractivity contribution in [1.29, 1.82) is 0 Å². The maximum Gasteiger partial charge on any atom is 0.0643 e. The number of hydrogen-bond donors (Lipinski definition) is 1. The molecule has 0 spiro atoms. The fourth-order valence-electron chi connectivity index (χ4n) is 2.18. The summed E-state index contributed by atoms with van der Waals surface area (Å²) in [6.07, 6.45) is 3.39. The zero-order valence-corrected chi connectivity index (χ0v) is 11.2. The van der Waals surface area contributed by atoms with E-state index in [-0.39, 0.29) is 6.04 Å². The van der Waals surface area contributed by atoms with E-state index in [1.807, 2.05) is 13.0 Å². The molecule has 0 radical (unpaired) electrons. The first-order valence-corrected chi connectivity index (χ1v) is 6.41. The molecule has 1 aliphatic heterocycles. The molecule has 1 aromatic carbocycles. The minimum Gasteiger partial charge on any atom is -0.366 e. The van der Waals surface area contributed by atoms with Crippen LogP contribution in [-0.4, -0.2) is 13.1 Å². The van der Waals surface area contributed by atoms with Gasteiger partial charge in [-0.05, 0) is 38.0 Å². The van der Waals surface area contributed by atoms with Crippen molar-refractivity contribution in [1.82, 2.24) is 0 Å². The Hall–Kier alpha value is -0.990. The van der Waals surface area contributed by atoms with Crippen LogP contribution in [-0.2, 0) is 0 Å². The van der Waals surface area contributed by atoms with E-state index in [1.165, 1.54) is 5.57 Å². The van der Waals surface area contributed by atoms with Gasteiger partial charge in [0.05, 0.1) is 10.7 Å². The van der Waals surface area contributed by atoms with Crippen LogP contribution in [0.15, 0.2) is 29.8 Å². The van der Waals surface area contributed by atoms with E-state index in [4.69, 9.17) is 17.3 Å². The minimum atomic E-state index is 0.0320. The number of halogens is 1. The number of rotatable bonds is 2. The molecule has 0 saturated heterocycles. The van der Waals surface area contributed by atoms with E-state index < -0.39 is 0 Å². The van der Waals surface area contributed by atoms with Gasteiger partial charge < -0.3 is 10.6 Å².